The number of rotatable bonds is 9. The van der Waals surface area contributed by atoms with Gasteiger partial charge in [0.1, 0.15) is 0 Å². The Morgan fingerprint density at radius 3 is 2.43 bits per heavy atom. The molecule has 0 radical (unpaired) electrons. The van der Waals surface area contributed by atoms with Crippen LogP contribution in [0, 0.1) is 5.92 Å². The molecule has 1 aliphatic rings. The molecule has 0 aliphatic carbocycles. The van der Waals surface area contributed by atoms with E-state index < -0.39 is 18.8 Å². The maximum absolute atomic E-state index is 12.3. The van der Waals surface area contributed by atoms with Crippen LogP contribution < -0.4 is 10.6 Å². The van der Waals surface area contributed by atoms with Crippen LogP contribution in [0.5, 0.6) is 0 Å². The molecule has 1 aliphatic heterocycles. The fraction of sp³-hybridized carbons (Fsp3) is 0.933. The van der Waals surface area contributed by atoms with Gasteiger partial charge in [-0.3, -0.25) is 15.0 Å². The fourth-order valence-electron chi connectivity index (χ4n) is 2.46. The van der Waals surface area contributed by atoms with Crippen LogP contribution in [0.2, 0.25) is 0 Å². The van der Waals surface area contributed by atoms with Gasteiger partial charge in [-0.25, -0.2) is 0 Å². The second kappa shape index (κ2) is 10.1. The Bertz CT molecular complexity index is 345. The first-order valence-corrected chi connectivity index (χ1v) is 8.17. The van der Waals surface area contributed by atoms with Gasteiger partial charge < -0.3 is 10.1 Å². The molecule has 1 heterocycles. The van der Waals surface area contributed by atoms with Gasteiger partial charge in [0, 0.05) is 19.6 Å². The van der Waals surface area contributed by atoms with Gasteiger partial charge in [0.2, 0.25) is 5.91 Å². The Hall–Kier alpha value is -0.860. The minimum atomic E-state index is -4.31. The molecule has 1 saturated heterocycles. The van der Waals surface area contributed by atoms with Crippen molar-refractivity contribution < 1.29 is 22.7 Å². The van der Waals surface area contributed by atoms with Crippen LogP contribution >= 0.6 is 0 Å². The van der Waals surface area contributed by atoms with Gasteiger partial charge in [-0.1, -0.05) is 13.8 Å². The highest BCUT2D eigenvalue weighted by Crippen LogP contribution is 2.14. The van der Waals surface area contributed by atoms with E-state index in [-0.39, 0.29) is 11.8 Å². The molecule has 1 amide bonds. The van der Waals surface area contributed by atoms with Crippen molar-refractivity contribution in [1.82, 2.24) is 15.5 Å². The Morgan fingerprint density at radius 2 is 1.87 bits per heavy atom. The SMILES string of the molecule is CC(C)C(NCC(F)(F)F)C(=O)NCCCCN1CCOCC1. The van der Waals surface area contributed by atoms with Crippen molar-refractivity contribution in [2.75, 3.05) is 45.9 Å². The number of unbranched alkanes of at least 4 members (excludes halogenated alkanes) is 1. The van der Waals surface area contributed by atoms with E-state index in [1.807, 2.05) is 0 Å². The zero-order valence-electron chi connectivity index (χ0n) is 13.9. The van der Waals surface area contributed by atoms with E-state index in [0.717, 1.165) is 45.7 Å². The quantitative estimate of drug-likeness (QED) is 0.624. The standard InChI is InChI=1S/C15H28F3N3O2/c1-12(2)13(20-11-15(16,17)18)14(22)19-5-3-4-6-21-7-9-23-10-8-21/h12-13,20H,3-11H2,1-2H3,(H,19,22). The lowest BCUT2D eigenvalue weighted by Crippen LogP contribution is -2.50. The number of alkyl halides is 3. The Balaban J connectivity index is 2.18. The number of morpholine rings is 1. The second-order valence-corrected chi connectivity index (χ2v) is 6.17. The zero-order chi connectivity index (χ0) is 17.3. The predicted octanol–water partition coefficient (Wildman–Crippen LogP) is 1.39. The average Bonchev–Trinajstić information content (AvgIpc) is 2.46. The van der Waals surface area contributed by atoms with E-state index in [4.69, 9.17) is 4.74 Å². The summed E-state index contributed by atoms with van der Waals surface area (Å²) in [5.74, 6) is -0.568. The Labute approximate surface area is 135 Å². The molecule has 0 aromatic rings. The van der Waals surface area contributed by atoms with E-state index in [2.05, 4.69) is 15.5 Å². The molecule has 136 valence electrons. The number of carbonyl (C=O) groups is 1. The summed E-state index contributed by atoms with van der Waals surface area (Å²) in [6.45, 7) is 7.14. The van der Waals surface area contributed by atoms with Crippen molar-refractivity contribution in [1.29, 1.82) is 0 Å². The van der Waals surface area contributed by atoms with Crippen LogP contribution in [-0.4, -0.2) is 69.0 Å². The van der Waals surface area contributed by atoms with Crippen molar-refractivity contribution in [2.24, 2.45) is 5.92 Å². The third kappa shape index (κ3) is 9.12. The number of carbonyl (C=O) groups excluding carboxylic acids is 1. The maximum atomic E-state index is 12.3. The van der Waals surface area contributed by atoms with Crippen LogP contribution in [0.1, 0.15) is 26.7 Å². The molecule has 0 aromatic carbocycles. The van der Waals surface area contributed by atoms with Gasteiger partial charge in [-0.15, -0.1) is 0 Å². The smallest absolute Gasteiger partial charge is 0.379 e. The van der Waals surface area contributed by atoms with Crippen molar-refractivity contribution in [3.63, 3.8) is 0 Å². The molecule has 1 rings (SSSR count). The molecule has 1 unspecified atom stereocenters. The summed E-state index contributed by atoms with van der Waals surface area (Å²) < 4.78 is 42.1. The number of amides is 1. The van der Waals surface area contributed by atoms with E-state index in [0.29, 0.717) is 6.54 Å². The lowest BCUT2D eigenvalue weighted by molar-refractivity contribution is -0.133. The van der Waals surface area contributed by atoms with Crippen molar-refractivity contribution in [2.45, 2.75) is 38.9 Å². The van der Waals surface area contributed by atoms with E-state index in [1.54, 1.807) is 13.8 Å². The van der Waals surface area contributed by atoms with Crippen LogP contribution in [0.4, 0.5) is 13.2 Å². The molecule has 23 heavy (non-hydrogen) atoms. The fourth-order valence-corrected chi connectivity index (χ4v) is 2.46. The normalized spacial score (nSPS) is 18.2. The zero-order valence-corrected chi connectivity index (χ0v) is 13.9. The van der Waals surface area contributed by atoms with Crippen LogP contribution in [0.3, 0.4) is 0 Å². The van der Waals surface area contributed by atoms with E-state index in [9.17, 15) is 18.0 Å². The highest BCUT2D eigenvalue weighted by molar-refractivity contribution is 5.81. The topological polar surface area (TPSA) is 53.6 Å². The lowest BCUT2D eigenvalue weighted by atomic mass is 10.0. The molecule has 5 nitrogen and oxygen atoms in total. The number of halogens is 3. The van der Waals surface area contributed by atoms with Gasteiger partial charge >= 0.3 is 6.18 Å². The molecular formula is C15H28F3N3O2. The largest absolute Gasteiger partial charge is 0.401 e. The summed E-state index contributed by atoms with van der Waals surface area (Å²) in [4.78, 5) is 14.3. The van der Waals surface area contributed by atoms with Crippen molar-refractivity contribution >= 4 is 5.91 Å². The number of ether oxygens (including phenoxy) is 1. The van der Waals surface area contributed by atoms with Gasteiger partial charge in [0.15, 0.2) is 0 Å². The van der Waals surface area contributed by atoms with Gasteiger partial charge in [0.05, 0.1) is 25.8 Å². The molecular weight excluding hydrogens is 311 g/mol. The molecule has 8 heteroatoms. The molecule has 2 N–H and O–H groups in total. The Kier molecular flexibility index (Phi) is 8.86. The summed E-state index contributed by atoms with van der Waals surface area (Å²) in [5.41, 5.74) is 0. The summed E-state index contributed by atoms with van der Waals surface area (Å²) in [7, 11) is 0. The van der Waals surface area contributed by atoms with Crippen LogP contribution in [-0.2, 0) is 9.53 Å². The lowest BCUT2D eigenvalue weighted by Gasteiger charge is -2.26. The van der Waals surface area contributed by atoms with Crippen molar-refractivity contribution in [3.8, 4) is 0 Å². The number of hydrogen-bond acceptors (Lipinski definition) is 4. The maximum Gasteiger partial charge on any atom is 0.401 e. The number of hydrogen-bond donors (Lipinski definition) is 2. The summed E-state index contributed by atoms with van der Waals surface area (Å²) in [5, 5.41) is 5.02. The van der Waals surface area contributed by atoms with Gasteiger partial charge in [0.25, 0.3) is 0 Å². The molecule has 0 saturated carbocycles. The van der Waals surface area contributed by atoms with Crippen LogP contribution in [0.25, 0.3) is 0 Å². The molecule has 0 spiro atoms. The minimum Gasteiger partial charge on any atom is -0.379 e. The third-order valence-electron chi connectivity index (χ3n) is 3.78. The Morgan fingerprint density at radius 1 is 1.22 bits per heavy atom. The van der Waals surface area contributed by atoms with Gasteiger partial charge in [-0.05, 0) is 25.3 Å². The molecule has 1 fully saturated rings. The first-order chi connectivity index (χ1) is 10.8. The average molecular weight is 339 g/mol. The van der Waals surface area contributed by atoms with E-state index >= 15 is 0 Å². The minimum absolute atomic E-state index is 0.203. The van der Waals surface area contributed by atoms with E-state index in [1.165, 1.54) is 0 Å². The first-order valence-electron chi connectivity index (χ1n) is 8.17. The summed E-state index contributed by atoms with van der Waals surface area (Å²) in [6.07, 6.45) is -2.55. The first kappa shape index (κ1) is 20.2. The van der Waals surface area contributed by atoms with Gasteiger partial charge in [-0.2, -0.15) is 13.2 Å². The monoisotopic (exact) mass is 339 g/mol. The molecule has 0 bridgehead atoms. The number of nitrogens with one attached hydrogen (secondary N) is 2. The second-order valence-electron chi connectivity index (χ2n) is 6.17. The summed E-state index contributed by atoms with van der Waals surface area (Å²) in [6, 6.07) is -0.823. The molecule has 0 aromatic heterocycles. The van der Waals surface area contributed by atoms with Crippen molar-refractivity contribution in [3.05, 3.63) is 0 Å². The third-order valence-corrected chi connectivity index (χ3v) is 3.78. The summed E-state index contributed by atoms with van der Waals surface area (Å²) >= 11 is 0. The van der Waals surface area contributed by atoms with Crippen LogP contribution in [0.15, 0.2) is 0 Å². The highest BCUT2D eigenvalue weighted by atomic mass is 19.4. The highest BCUT2D eigenvalue weighted by Gasteiger charge is 2.31. The number of nitrogens with zero attached hydrogens (tertiary/aromatic N) is 1. The molecule has 1 atom stereocenters. The predicted molar refractivity (Wildman–Crippen MR) is 82.2 cm³/mol.